The Bertz CT molecular complexity index is 1420. The van der Waals surface area contributed by atoms with Gasteiger partial charge in [-0.15, -0.1) is 0 Å². The van der Waals surface area contributed by atoms with E-state index in [0.29, 0.717) is 18.2 Å². The van der Waals surface area contributed by atoms with Crippen LogP contribution >= 0.6 is 0 Å². The van der Waals surface area contributed by atoms with Crippen molar-refractivity contribution in [2.24, 2.45) is 0 Å². The summed E-state index contributed by atoms with van der Waals surface area (Å²) in [5.74, 6) is 0.205. The molecule has 5 rings (SSSR count). The predicted octanol–water partition coefficient (Wildman–Crippen LogP) is 5.62. The molecule has 0 saturated carbocycles. The predicted molar refractivity (Wildman–Crippen MR) is 148 cm³/mol. The van der Waals surface area contributed by atoms with Crippen molar-refractivity contribution >= 4 is 39.8 Å². The van der Waals surface area contributed by atoms with Crippen LogP contribution in [0.4, 0.5) is 27.4 Å². The quantitative estimate of drug-likeness (QED) is 0.288. The van der Waals surface area contributed by atoms with Crippen molar-refractivity contribution in [1.82, 2.24) is 14.9 Å². The number of rotatable bonds is 7. The molecule has 3 aromatic carbocycles. The molecular formula is C29H29FN6O. The minimum Gasteiger partial charge on any atom is -0.379 e. The van der Waals surface area contributed by atoms with Crippen molar-refractivity contribution in [2.75, 3.05) is 36.1 Å². The molecular weight excluding hydrogens is 467 g/mol. The molecule has 1 aromatic heterocycles. The smallest absolute Gasteiger partial charge is 0.247 e. The summed E-state index contributed by atoms with van der Waals surface area (Å²) in [5, 5.41) is 10.3. The highest BCUT2D eigenvalue weighted by molar-refractivity contribution is 6.00. The molecule has 1 amide bonds. The van der Waals surface area contributed by atoms with Crippen LogP contribution in [-0.4, -0.2) is 53.1 Å². The summed E-state index contributed by atoms with van der Waals surface area (Å²) in [6, 6.07) is 21.1. The number of nitrogens with zero attached hydrogens (tertiary/aromatic N) is 3. The first kappa shape index (κ1) is 24.4. The summed E-state index contributed by atoms with van der Waals surface area (Å²) in [6.07, 6.45) is 2.91. The summed E-state index contributed by atoms with van der Waals surface area (Å²) < 4.78 is 14.4. The Labute approximate surface area is 215 Å². The largest absolute Gasteiger partial charge is 0.379 e. The molecule has 8 heteroatoms. The molecule has 0 aliphatic carbocycles. The van der Waals surface area contributed by atoms with Crippen molar-refractivity contribution < 1.29 is 9.18 Å². The Kier molecular flexibility index (Phi) is 7.09. The zero-order valence-corrected chi connectivity index (χ0v) is 20.6. The molecule has 1 saturated heterocycles. The number of likely N-dealkylation sites (tertiary alicyclic amines) is 1. The van der Waals surface area contributed by atoms with Crippen LogP contribution < -0.4 is 16.0 Å². The molecule has 0 bridgehead atoms. The third-order valence-electron chi connectivity index (χ3n) is 6.47. The van der Waals surface area contributed by atoms with Gasteiger partial charge in [-0.3, -0.25) is 4.79 Å². The summed E-state index contributed by atoms with van der Waals surface area (Å²) in [5.41, 5.74) is 5.04. The highest BCUT2D eigenvalue weighted by Gasteiger charge is 2.27. The monoisotopic (exact) mass is 496 g/mol. The zero-order chi connectivity index (χ0) is 25.8. The topological polar surface area (TPSA) is 82.2 Å². The van der Waals surface area contributed by atoms with Gasteiger partial charge in [0.2, 0.25) is 11.9 Å². The third-order valence-corrected chi connectivity index (χ3v) is 6.47. The number of nitrogens with one attached hydrogen (secondary N) is 3. The molecule has 0 radical (unpaired) electrons. The highest BCUT2D eigenvalue weighted by atomic mass is 19.1. The molecule has 37 heavy (non-hydrogen) atoms. The SMILES string of the molecule is C=CC(=O)Nc1cccc(-c2cccc3cnc(Nc4ccc(N[C@@H]5CCN(C)C[C@@H]5F)cc4)nc23)c1. The standard InChI is InChI=1S/C29H29FN6O/c1-3-27(37)33-23-8-4-6-19(16-23)24-9-5-7-20-17-31-29(35-28(20)24)34-22-12-10-21(11-13-22)32-26-14-15-36(2)18-25(26)30/h3-13,16-17,25-26,32H,1,14-15,18H2,2H3,(H,33,37)(H,31,34,35)/t25-,26+/m0/s1. The fraction of sp³-hybridized carbons (Fsp3) is 0.207. The van der Waals surface area contributed by atoms with E-state index < -0.39 is 6.17 Å². The number of hydrogen-bond donors (Lipinski definition) is 3. The number of carbonyl (C=O) groups is 1. The van der Waals surface area contributed by atoms with Crippen LogP contribution in [0.2, 0.25) is 0 Å². The van der Waals surface area contributed by atoms with Crippen LogP contribution in [0.25, 0.3) is 22.0 Å². The van der Waals surface area contributed by atoms with Crippen LogP contribution in [0.5, 0.6) is 0 Å². The van der Waals surface area contributed by atoms with Gasteiger partial charge in [-0.05, 0) is 61.5 Å². The van der Waals surface area contributed by atoms with Crippen molar-refractivity contribution in [3.8, 4) is 11.1 Å². The minimum absolute atomic E-state index is 0.180. The second-order valence-corrected chi connectivity index (χ2v) is 9.23. The van der Waals surface area contributed by atoms with Gasteiger partial charge in [-0.2, -0.15) is 0 Å². The maximum Gasteiger partial charge on any atom is 0.247 e. The first-order valence-electron chi connectivity index (χ1n) is 12.2. The van der Waals surface area contributed by atoms with Crippen LogP contribution in [0, 0.1) is 0 Å². The van der Waals surface area contributed by atoms with Crippen molar-refractivity contribution in [2.45, 2.75) is 18.6 Å². The summed E-state index contributed by atoms with van der Waals surface area (Å²) in [4.78, 5) is 23.0. The maximum atomic E-state index is 14.4. The summed E-state index contributed by atoms with van der Waals surface area (Å²) in [6.45, 7) is 4.84. The number of fused-ring (bicyclic) bond motifs is 1. The molecule has 2 heterocycles. The lowest BCUT2D eigenvalue weighted by molar-refractivity contribution is -0.111. The first-order valence-corrected chi connectivity index (χ1v) is 12.2. The maximum absolute atomic E-state index is 14.4. The molecule has 4 aromatic rings. The Balaban J connectivity index is 1.34. The zero-order valence-electron chi connectivity index (χ0n) is 20.6. The molecule has 0 unspecified atom stereocenters. The van der Waals surface area contributed by atoms with Gasteiger partial charge in [0.1, 0.15) is 6.17 Å². The second-order valence-electron chi connectivity index (χ2n) is 9.23. The average molecular weight is 497 g/mol. The Hall–Kier alpha value is -4.30. The van der Waals surface area contributed by atoms with Gasteiger partial charge in [0.15, 0.2) is 0 Å². The molecule has 1 fully saturated rings. The fourth-order valence-corrected chi connectivity index (χ4v) is 4.52. The van der Waals surface area contributed by atoms with E-state index in [4.69, 9.17) is 4.98 Å². The lowest BCUT2D eigenvalue weighted by Gasteiger charge is -2.33. The Morgan fingerprint density at radius 1 is 1.08 bits per heavy atom. The number of aromatic nitrogens is 2. The Morgan fingerprint density at radius 2 is 1.86 bits per heavy atom. The number of piperidine rings is 1. The van der Waals surface area contributed by atoms with E-state index in [-0.39, 0.29) is 11.9 Å². The molecule has 3 N–H and O–H groups in total. The van der Waals surface area contributed by atoms with E-state index in [9.17, 15) is 9.18 Å². The van der Waals surface area contributed by atoms with Gasteiger partial charge in [0, 0.05) is 47.3 Å². The van der Waals surface area contributed by atoms with Gasteiger partial charge in [-0.1, -0.05) is 36.9 Å². The minimum atomic E-state index is -0.893. The third kappa shape index (κ3) is 5.76. The lowest BCUT2D eigenvalue weighted by Crippen LogP contribution is -2.46. The van der Waals surface area contributed by atoms with E-state index in [0.717, 1.165) is 46.4 Å². The van der Waals surface area contributed by atoms with Crippen LogP contribution in [0.15, 0.2) is 85.6 Å². The van der Waals surface area contributed by atoms with E-state index >= 15 is 0 Å². The number of halogens is 1. The normalized spacial score (nSPS) is 17.8. The van der Waals surface area contributed by atoms with Crippen molar-refractivity contribution in [3.63, 3.8) is 0 Å². The fourth-order valence-electron chi connectivity index (χ4n) is 4.52. The number of para-hydroxylation sites is 1. The first-order chi connectivity index (χ1) is 18.0. The molecule has 7 nitrogen and oxygen atoms in total. The van der Waals surface area contributed by atoms with Gasteiger partial charge in [0.25, 0.3) is 0 Å². The van der Waals surface area contributed by atoms with Gasteiger partial charge < -0.3 is 20.9 Å². The van der Waals surface area contributed by atoms with Gasteiger partial charge in [-0.25, -0.2) is 14.4 Å². The molecule has 2 atom stereocenters. The average Bonchev–Trinajstić information content (AvgIpc) is 2.91. The summed E-state index contributed by atoms with van der Waals surface area (Å²) >= 11 is 0. The van der Waals surface area contributed by atoms with Gasteiger partial charge in [0.05, 0.1) is 11.6 Å². The second kappa shape index (κ2) is 10.8. The van der Waals surface area contributed by atoms with Crippen molar-refractivity contribution in [3.05, 3.63) is 85.6 Å². The van der Waals surface area contributed by atoms with Crippen LogP contribution in [0.1, 0.15) is 6.42 Å². The van der Waals surface area contributed by atoms with Crippen LogP contribution in [0.3, 0.4) is 0 Å². The molecule has 1 aliphatic rings. The van der Waals surface area contributed by atoms with E-state index in [2.05, 4.69) is 27.5 Å². The highest BCUT2D eigenvalue weighted by Crippen LogP contribution is 2.30. The number of carbonyl (C=O) groups excluding carboxylic acids is 1. The Morgan fingerprint density at radius 3 is 2.65 bits per heavy atom. The number of anilines is 4. The van der Waals surface area contributed by atoms with Crippen molar-refractivity contribution in [1.29, 1.82) is 0 Å². The lowest BCUT2D eigenvalue weighted by atomic mass is 10.0. The molecule has 188 valence electrons. The van der Waals surface area contributed by atoms with Gasteiger partial charge >= 0.3 is 0 Å². The number of amides is 1. The number of hydrogen-bond acceptors (Lipinski definition) is 6. The van der Waals surface area contributed by atoms with E-state index in [1.807, 2.05) is 78.7 Å². The van der Waals surface area contributed by atoms with E-state index in [1.54, 1.807) is 6.20 Å². The summed E-state index contributed by atoms with van der Waals surface area (Å²) in [7, 11) is 1.95. The molecule has 1 aliphatic heterocycles. The van der Waals surface area contributed by atoms with Crippen LogP contribution in [-0.2, 0) is 4.79 Å². The number of alkyl halides is 1. The number of benzene rings is 3. The van der Waals surface area contributed by atoms with E-state index in [1.165, 1.54) is 6.08 Å². The molecule has 0 spiro atoms.